The Kier molecular flexibility index (Phi) is 4.01. The predicted octanol–water partition coefficient (Wildman–Crippen LogP) is 4.26. The van der Waals surface area contributed by atoms with Crippen molar-refractivity contribution in [2.24, 2.45) is 0 Å². The van der Waals surface area contributed by atoms with E-state index in [9.17, 15) is 15.0 Å². The van der Waals surface area contributed by atoms with Gasteiger partial charge in [0.1, 0.15) is 5.75 Å². The van der Waals surface area contributed by atoms with Crippen LogP contribution in [0.25, 0.3) is 0 Å². The molecule has 4 heteroatoms. The van der Waals surface area contributed by atoms with Gasteiger partial charge in [-0.3, -0.25) is 4.79 Å². The smallest absolute Gasteiger partial charge is 0.314 e. The molecule has 0 aromatic heterocycles. The van der Waals surface area contributed by atoms with Crippen LogP contribution < -0.4 is 0 Å². The van der Waals surface area contributed by atoms with E-state index in [1.165, 1.54) is 0 Å². The molecule has 0 bridgehead atoms. The first kappa shape index (κ1) is 15.2. The zero-order valence-corrected chi connectivity index (χ0v) is 13.0. The predicted molar refractivity (Wildman–Crippen MR) is 79.7 cm³/mol. The minimum atomic E-state index is -0.992. The summed E-state index contributed by atoms with van der Waals surface area (Å²) in [7, 11) is 0. The van der Waals surface area contributed by atoms with E-state index in [-0.39, 0.29) is 5.75 Å². The van der Waals surface area contributed by atoms with Crippen molar-refractivity contribution in [1.82, 2.24) is 0 Å². The Morgan fingerprint density at radius 1 is 1.05 bits per heavy atom. The van der Waals surface area contributed by atoms with Crippen molar-refractivity contribution in [3.05, 3.63) is 27.3 Å². The molecule has 1 aromatic carbocycles. The maximum Gasteiger partial charge on any atom is 0.314 e. The fraction of sp³-hybridized carbons (Fsp3) is 0.562. The number of carboxylic acid groups (broad SMARTS) is 1. The molecular formula is C16H21ClO3. The molecule has 2 rings (SSSR count). The zero-order chi connectivity index (χ0) is 15.1. The summed E-state index contributed by atoms with van der Waals surface area (Å²) in [5, 5.41) is 20.9. The van der Waals surface area contributed by atoms with Gasteiger partial charge < -0.3 is 10.2 Å². The van der Waals surface area contributed by atoms with Crippen molar-refractivity contribution < 1.29 is 15.0 Å². The quantitative estimate of drug-likeness (QED) is 0.857. The molecule has 1 saturated carbocycles. The Bertz CT molecular complexity index is 528. The zero-order valence-electron chi connectivity index (χ0n) is 12.2. The van der Waals surface area contributed by atoms with Crippen molar-refractivity contribution in [2.75, 3.05) is 0 Å². The Hall–Kier alpha value is -1.22. The topological polar surface area (TPSA) is 57.5 Å². The summed E-state index contributed by atoms with van der Waals surface area (Å²) in [6, 6.07) is 0. The molecule has 110 valence electrons. The van der Waals surface area contributed by atoms with Gasteiger partial charge in [-0.2, -0.15) is 0 Å². The number of phenolic OH excluding ortho intramolecular Hbond substituents is 1. The van der Waals surface area contributed by atoms with Gasteiger partial charge in [-0.25, -0.2) is 0 Å². The van der Waals surface area contributed by atoms with Crippen molar-refractivity contribution in [2.45, 2.75) is 58.3 Å². The number of aromatic hydroxyl groups is 1. The molecule has 1 aliphatic rings. The minimum absolute atomic E-state index is 0.105. The van der Waals surface area contributed by atoms with Crippen LogP contribution in [0.3, 0.4) is 0 Å². The molecule has 2 N–H and O–H groups in total. The van der Waals surface area contributed by atoms with Crippen LogP contribution in [0, 0.1) is 20.8 Å². The molecule has 0 saturated heterocycles. The molecule has 20 heavy (non-hydrogen) atoms. The highest BCUT2D eigenvalue weighted by Crippen LogP contribution is 2.48. The van der Waals surface area contributed by atoms with Crippen LogP contribution in [0.1, 0.15) is 54.4 Å². The highest BCUT2D eigenvalue weighted by atomic mass is 35.5. The Morgan fingerprint density at radius 3 is 2.10 bits per heavy atom. The third kappa shape index (κ3) is 2.08. The second kappa shape index (κ2) is 5.28. The molecule has 0 heterocycles. The lowest BCUT2D eigenvalue weighted by atomic mass is 9.67. The van der Waals surface area contributed by atoms with Gasteiger partial charge in [0.2, 0.25) is 0 Å². The molecule has 1 aromatic rings. The molecule has 1 fully saturated rings. The summed E-state index contributed by atoms with van der Waals surface area (Å²) in [4.78, 5) is 11.9. The molecule has 1 aliphatic carbocycles. The SMILES string of the molecule is Cc1c(C)c(Cl)c(C)c(C2(C(=O)O)CCCCC2)c1O. The standard InChI is InChI=1S/C16H21ClO3/c1-9-10(2)14(18)12(11(3)13(9)17)16(15(19)20)7-5-4-6-8-16/h18H,4-8H2,1-3H3,(H,19,20). The first-order chi connectivity index (χ1) is 9.33. The van der Waals surface area contributed by atoms with Crippen LogP contribution in [0.15, 0.2) is 0 Å². The minimum Gasteiger partial charge on any atom is -0.507 e. The van der Waals surface area contributed by atoms with Crippen LogP contribution in [0.2, 0.25) is 5.02 Å². The maximum absolute atomic E-state index is 11.9. The van der Waals surface area contributed by atoms with Crippen molar-refractivity contribution >= 4 is 17.6 Å². The van der Waals surface area contributed by atoms with E-state index in [1.54, 1.807) is 6.92 Å². The van der Waals surface area contributed by atoms with Gasteiger partial charge in [0.25, 0.3) is 0 Å². The van der Waals surface area contributed by atoms with E-state index in [0.29, 0.717) is 34.6 Å². The van der Waals surface area contributed by atoms with Gasteiger partial charge in [0.15, 0.2) is 0 Å². The number of rotatable bonds is 2. The lowest BCUT2D eigenvalue weighted by Gasteiger charge is -2.36. The van der Waals surface area contributed by atoms with Crippen LogP contribution in [-0.2, 0) is 10.2 Å². The molecule has 0 unspecified atom stereocenters. The first-order valence-corrected chi connectivity index (χ1v) is 7.43. The Morgan fingerprint density at radius 2 is 1.60 bits per heavy atom. The Labute approximate surface area is 124 Å². The normalized spacial score (nSPS) is 18.0. The van der Waals surface area contributed by atoms with E-state index in [4.69, 9.17) is 11.6 Å². The Balaban J connectivity index is 2.75. The van der Waals surface area contributed by atoms with Crippen LogP contribution >= 0.6 is 11.6 Å². The van der Waals surface area contributed by atoms with Crippen LogP contribution in [0.5, 0.6) is 5.75 Å². The first-order valence-electron chi connectivity index (χ1n) is 7.05. The van der Waals surface area contributed by atoms with Gasteiger partial charge in [-0.05, 0) is 50.3 Å². The third-order valence-electron chi connectivity index (χ3n) is 4.78. The summed E-state index contributed by atoms with van der Waals surface area (Å²) >= 11 is 6.34. The van der Waals surface area contributed by atoms with E-state index in [0.717, 1.165) is 24.8 Å². The van der Waals surface area contributed by atoms with E-state index < -0.39 is 11.4 Å². The lowest BCUT2D eigenvalue weighted by Crippen LogP contribution is -2.38. The molecule has 3 nitrogen and oxygen atoms in total. The summed E-state index contributed by atoms with van der Waals surface area (Å²) in [6.07, 6.45) is 3.92. The number of carbonyl (C=O) groups is 1. The molecular weight excluding hydrogens is 276 g/mol. The van der Waals surface area contributed by atoms with Gasteiger partial charge in [-0.15, -0.1) is 0 Å². The molecule has 0 spiro atoms. The summed E-state index contributed by atoms with van der Waals surface area (Å²) in [5.41, 5.74) is 1.74. The number of phenols is 1. The molecule has 0 amide bonds. The molecule has 0 aliphatic heterocycles. The maximum atomic E-state index is 11.9. The lowest BCUT2D eigenvalue weighted by molar-refractivity contribution is -0.145. The van der Waals surface area contributed by atoms with E-state index >= 15 is 0 Å². The average molecular weight is 297 g/mol. The second-order valence-electron chi connectivity index (χ2n) is 5.86. The van der Waals surface area contributed by atoms with E-state index in [1.807, 2.05) is 13.8 Å². The van der Waals surface area contributed by atoms with Crippen molar-refractivity contribution in [3.8, 4) is 5.75 Å². The van der Waals surface area contributed by atoms with Gasteiger partial charge in [0, 0.05) is 10.6 Å². The fourth-order valence-electron chi connectivity index (χ4n) is 3.41. The average Bonchev–Trinajstić information content (AvgIpc) is 2.44. The second-order valence-corrected chi connectivity index (χ2v) is 6.24. The largest absolute Gasteiger partial charge is 0.507 e. The van der Waals surface area contributed by atoms with Gasteiger partial charge in [-0.1, -0.05) is 30.9 Å². The number of halogens is 1. The fourth-order valence-corrected chi connectivity index (χ4v) is 3.65. The molecule has 0 radical (unpaired) electrons. The van der Waals surface area contributed by atoms with Crippen molar-refractivity contribution in [1.29, 1.82) is 0 Å². The van der Waals surface area contributed by atoms with Crippen LogP contribution in [-0.4, -0.2) is 16.2 Å². The summed E-state index contributed by atoms with van der Waals surface area (Å²) < 4.78 is 0. The van der Waals surface area contributed by atoms with Gasteiger partial charge >= 0.3 is 5.97 Å². The number of aliphatic carboxylic acids is 1. The number of benzene rings is 1. The number of carboxylic acids is 1. The van der Waals surface area contributed by atoms with E-state index in [2.05, 4.69) is 0 Å². The molecule has 0 atom stereocenters. The highest BCUT2D eigenvalue weighted by Gasteiger charge is 2.45. The van der Waals surface area contributed by atoms with Gasteiger partial charge in [0.05, 0.1) is 5.41 Å². The summed E-state index contributed by atoms with van der Waals surface area (Å²) in [6.45, 7) is 5.45. The summed E-state index contributed by atoms with van der Waals surface area (Å²) in [5.74, 6) is -0.747. The number of hydrogen-bond donors (Lipinski definition) is 2. The van der Waals surface area contributed by atoms with Crippen molar-refractivity contribution in [3.63, 3.8) is 0 Å². The highest BCUT2D eigenvalue weighted by molar-refractivity contribution is 6.32. The monoisotopic (exact) mass is 296 g/mol. The van der Waals surface area contributed by atoms with Crippen LogP contribution in [0.4, 0.5) is 0 Å². The number of hydrogen-bond acceptors (Lipinski definition) is 2. The third-order valence-corrected chi connectivity index (χ3v) is 5.35.